The summed E-state index contributed by atoms with van der Waals surface area (Å²) in [5.41, 5.74) is 3.21. The number of fused-ring (bicyclic) bond motifs is 1. The minimum atomic E-state index is -0.778. The number of phenols is 1. The van der Waals surface area contributed by atoms with Gasteiger partial charge in [-0.15, -0.1) is 11.8 Å². The number of benzene rings is 4. The molecule has 208 valence electrons. The van der Waals surface area contributed by atoms with E-state index in [1.807, 2.05) is 68.4 Å². The molecule has 0 saturated carbocycles. The van der Waals surface area contributed by atoms with Crippen molar-refractivity contribution in [2.45, 2.75) is 48.1 Å². The Morgan fingerprint density at radius 1 is 0.829 bits per heavy atom. The average Bonchev–Trinajstić information content (AvgIpc) is 3.26. The fourth-order valence-electron chi connectivity index (χ4n) is 6.12. The molecule has 2 amide bonds. The third kappa shape index (κ3) is 4.79. The molecular weight excluding hydrogens is 530 g/mol. The van der Waals surface area contributed by atoms with Crippen LogP contribution in [-0.4, -0.2) is 44.0 Å². The first-order chi connectivity index (χ1) is 19.8. The Labute approximate surface area is 244 Å². The van der Waals surface area contributed by atoms with Gasteiger partial charge in [0.1, 0.15) is 23.2 Å². The molecule has 41 heavy (non-hydrogen) atoms. The number of carbonyl (C=O) groups is 2. The van der Waals surface area contributed by atoms with E-state index in [9.17, 15) is 14.7 Å². The standard InChI is InChI=1S/C34H33N3O3S/c1-33(2)29(30(39)35-22-23-18-20-27(38)21-19-23)37-31(40)28(32(37)41-33)36-34(24-12-6-3-7-13-24,25-14-8-4-9-15-25)26-16-10-5-11-17-26/h3-21,28-29,32,36,38H,22H2,1-2H3,(H,35,39)/t28?,29?,32-/m0/s1. The number of thioether (sulfide) groups is 1. The molecule has 0 aliphatic carbocycles. The number of nitrogens with one attached hydrogen (secondary N) is 2. The number of amides is 2. The molecule has 2 saturated heterocycles. The zero-order valence-corrected chi connectivity index (χ0v) is 23.8. The van der Waals surface area contributed by atoms with Gasteiger partial charge in [-0.3, -0.25) is 14.9 Å². The highest BCUT2D eigenvalue weighted by molar-refractivity contribution is 8.01. The first-order valence-electron chi connectivity index (χ1n) is 13.8. The molecule has 0 spiro atoms. The van der Waals surface area contributed by atoms with Gasteiger partial charge in [0, 0.05) is 11.3 Å². The van der Waals surface area contributed by atoms with Crippen molar-refractivity contribution in [3.05, 3.63) is 138 Å². The topological polar surface area (TPSA) is 81.7 Å². The summed E-state index contributed by atoms with van der Waals surface area (Å²) in [6.07, 6.45) is 0. The summed E-state index contributed by atoms with van der Waals surface area (Å²) in [6, 6.07) is 36.4. The molecule has 3 N–H and O–H groups in total. The van der Waals surface area contributed by atoms with Crippen LogP contribution in [0.3, 0.4) is 0 Å². The van der Waals surface area contributed by atoms with Gasteiger partial charge < -0.3 is 15.3 Å². The molecule has 4 aromatic rings. The van der Waals surface area contributed by atoms with Crippen molar-refractivity contribution in [2.75, 3.05) is 0 Å². The van der Waals surface area contributed by atoms with Crippen LogP contribution in [0.2, 0.25) is 0 Å². The minimum Gasteiger partial charge on any atom is -0.508 e. The first kappa shape index (κ1) is 27.1. The van der Waals surface area contributed by atoms with Crippen LogP contribution in [-0.2, 0) is 21.7 Å². The highest BCUT2D eigenvalue weighted by Crippen LogP contribution is 2.52. The Morgan fingerprint density at radius 2 is 1.32 bits per heavy atom. The third-order valence-electron chi connectivity index (χ3n) is 8.08. The monoisotopic (exact) mass is 563 g/mol. The van der Waals surface area contributed by atoms with Crippen LogP contribution in [0, 0.1) is 0 Å². The molecule has 3 atom stereocenters. The molecule has 2 unspecified atom stereocenters. The van der Waals surface area contributed by atoms with Crippen LogP contribution in [0.15, 0.2) is 115 Å². The molecular formula is C34H33N3O3S. The van der Waals surface area contributed by atoms with Crippen molar-refractivity contribution in [3.63, 3.8) is 0 Å². The van der Waals surface area contributed by atoms with Crippen molar-refractivity contribution in [2.24, 2.45) is 0 Å². The zero-order chi connectivity index (χ0) is 28.6. The van der Waals surface area contributed by atoms with Gasteiger partial charge in [0.15, 0.2) is 0 Å². The molecule has 2 fully saturated rings. The highest BCUT2D eigenvalue weighted by Gasteiger charge is 2.64. The first-order valence-corrected chi connectivity index (χ1v) is 14.7. The van der Waals surface area contributed by atoms with Crippen molar-refractivity contribution in [3.8, 4) is 5.75 Å². The lowest BCUT2D eigenvalue weighted by atomic mass is 9.76. The second-order valence-electron chi connectivity index (χ2n) is 11.1. The van der Waals surface area contributed by atoms with E-state index >= 15 is 0 Å². The van der Waals surface area contributed by atoms with E-state index in [2.05, 4.69) is 47.0 Å². The zero-order valence-electron chi connectivity index (χ0n) is 23.0. The molecule has 0 bridgehead atoms. The van der Waals surface area contributed by atoms with E-state index in [1.165, 1.54) is 0 Å². The van der Waals surface area contributed by atoms with Crippen molar-refractivity contribution in [1.29, 1.82) is 0 Å². The lowest BCUT2D eigenvalue weighted by molar-refractivity contribution is -0.154. The van der Waals surface area contributed by atoms with E-state index in [1.54, 1.807) is 40.9 Å². The van der Waals surface area contributed by atoms with Crippen molar-refractivity contribution >= 4 is 23.6 Å². The molecule has 7 heteroatoms. The van der Waals surface area contributed by atoms with Crippen LogP contribution in [0.4, 0.5) is 0 Å². The number of carbonyl (C=O) groups excluding carboxylic acids is 2. The quantitative estimate of drug-likeness (QED) is 0.207. The minimum absolute atomic E-state index is 0.0787. The molecule has 6 nitrogen and oxygen atoms in total. The van der Waals surface area contributed by atoms with Gasteiger partial charge >= 0.3 is 0 Å². The SMILES string of the molecule is CC1(C)S[C@H]2C(NC(c3ccccc3)(c3ccccc3)c3ccccc3)C(=O)N2C1C(=O)NCc1ccc(O)cc1. The molecule has 2 aliphatic rings. The largest absolute Gasteiger partial charge is 0.508 e. The highest BCUT2D eigenvalue weighted by atomic mass is 32.2. The lowest BCUT2D eigenvalue weighted by Crippen LogP contribution is -2.73. The van der Waals surface area contributed by atoms with Crippen LogP contribution < -0.4 is 10.6 Å². The molecule has 0 radical (unpaired) electrons. The van der Waals surface area contributed by atoms with Crippen LogP contribution in [0.25, 0.3) is 0 Å². The summed E-state index contributed by atoms with van der Waals surface area (Å²) in [6.45, 7) is 4.39. The summed E-state index contributed by atoms with van der Waals surface area (Å²) in [5, 5.41) is 16.2. The van der Waals surface area contributed by atoms with E-state index in [0.29, 0.717) is 6.54 Å². The van der Waals surface area contributed by atoms with E-state index < -0.39 is 22.4 Å². The predicted octanol–water partition coefficient (Wildman–Crippen LogP) is 5.02. The number of rotatable bonds is 8. The Morgan fingerprint density at radius 3 is 1.80 bits per heavy atom. The van der Waals surface area contributed by atoms with Crippen LogP contribution >= 0.6 is 11.8 Å². The maximum Gasteiger partial charge on any atom is 0.244 e. The van der Waals surface area contributed by atoms with Gasteiger partial charge in [0.05, 0.1) is 5.54 Å². The lowest BCUT2D eigenvalue weighted by Gasteiger charge is -2.49. The van der Waals surface area contributed by atoms with E-state index in [4.69, 9.17) is 0 Å². The van der Waals surface area contributed by atoms with Crippen LogP contribution in [0.1, 0.15) is 36.1 Å². The van der Waals surface area contributed by atoms with Gasteiger partial charge in [0.25, 0.3) is 0 Å². The fraction of sp³-hybridized carbons (Fsp3) is 0.235. The molecule has 0 aromatic heterocycles. The van der Waals surface area contributed by atoms with Gasteiger partial charge in [0.2, 0.25) is 11.8 Å². The Hall–Kier alpha value is -4.07. The molecule has 2 aliphatic heterocycles. The molecule has 6 rings (SSSR count). The maximum atomic E-state index is 14.0. The van der Waals surface area contributed by atoms with Crippen molar-refractivity contribution < 1.29 is 14.7 Å². The summed E-state index contributed by atoms with van der Waals surface area (Å²) in [4.78, 5) is 29.2. The second-order valence-corrected chi connectivity index (χ2v) is 12.9. The molecule has 4 aromatic carbocycles. The second kappa shape index (κ2) is 10.7. The number of aromatic hydroxyl groups is 1. The van der Waals surface area contributed by atoms with Gasteiger partial charge in [-0.05, 0) is 48.2 Å². The number of nitrogens with zero attached hydrogens (tertiary/aromatic N) is 1. The number of phenolic OH excluding ortho intramolecular Hbond substituents is 1. The summed E-state index contributed by atoms with van der Waals surface area (Å²) in [7, 11) is 0. The van der Waals surface area contributed by atoms with E-state index in [-0.39, 0.29) is 22.9 Å². The Bertz CT molecular complexity index is 1430. The van der Waals surface area contributed by atoms with Gasteiger partial charge in [-0.2, -0.15) is 0 Å². The summed E-state index contributed by atoms with van der Waals surface area (Å²) < 4.78 is -0.481. The normalized spacial score (nSPS) is 21.2. The number of hydrogen-bond donors (Lipinski definition) is 3. The summed E-state index contributed by atoms with van der Waals surface area (Å²) >= 11 is 1.66. The van der Waals surface area contributed by atoms with Gasteiger partial charge in [-0.1, -0.05) is 103 Å². The average molecular weight is 564 g/mol. The van der Waals surface area contributed by atoms with Crippen LogP contribution in [0.5, 0.6) is 5.75 Å². The smallest absolute Gasteiger partial charge is 0.244 e. The number of β-lactam (4-membered cyclic amide) rings is 1. The van der Waals surface area contributed by atoms with E-state index in [0.717, 1.165) is 22.3 Å². The maximum absolute atomic E-state index is 14.0. The van der Waals surface area contributed by atoms with Crippen molar-refractivity contribution in [1.82, 2.24) is 15.5 Å². The fourth-order valence-corrected chi connectivity index (χ4v) is 7.75. The predicted molar refractivity (Wildman–Crippen MR) is 162 cm³/mol. The number of hydrogen-bond acceptors (Lipinski definition) is 5. The van der Waals surface area contributed by atoms with Gasteiger partial charge in [-0.25, -0.2) is 0 Å². The third-order valence-corrected chi connectivity index (χ3v) is 9.66. The summed E-state index contributed by atoms with van der Waals surface area (Å²) in [5.74, 6) is -0.0751. The Kier molecular flexibility index (Phi) is 7.09. The molecule has 2 heterocycles. The Balaban J connectivity index is 1.32.